The Labute approximate surface area is 434 Å². The predicted molar refractivity (Wildman–Crippen MR) is 290 cm³/mol. The highest BCUT2D eigenvalue weighted by Crippen LogP contribution is 2.39. The quantitative estimate of drug-likeness (QED) is 0.0413. The van der Waals surface area contributed by atoms with E-state index in [1.165, 1.54) is 7.11 Å². The summed E-state index contributed by atoms with van der Waals surface area (Å²) >= 11 is 3.36. The molecule has 3 fully saturated rings. The summed E-state index contributed by atoms with van der Waals surface area (Å²) in [6.07, 6.45) is 14.3. The zero-order valence-corrected chi connectivity index (χ0v) is 45.0. The Bertz CT molecular complexity index is 2340. The third-order valence-electron chi connectivity index (χ3n) is 13.3. The van der Waals surface area contributed by atoms with Crippen LogP contribution in [0.15, 0.2) is 120 Å². The molecule has 0 aliphatic carbocycles. The van der Waals surface area contributed by atoms with Crippen molar-refractivity contribution in [2.45, 2.75) is 141 Å². The van der Waals surface area contributed by atoms with Crippen molar-refractivity contribution in [1.82, 2.24) is 16.0 Å². The van der Waals surface area contributed by atoms with E-state index in [-0.39, 0.29) is 72.7 Å². The molecule has 72 heavy (non-hydrogen) atoms. The van der Waals surface area contributed by atoms with Crippen LogP contribution >= 0.6 is 23.5 Å². The van der Waals surface area contributed by atoms with Gasteiger partial charge in [0.25, 0.3) is 0 Å². The van der Waals surface area contributed by atoms with E-state index < -0.39 is 0 Å². The second-order valence-corrected chi connectivity index (χ2v) is 21.1. The van der Waals surface area contributed by atoms with Crippen LogP contribution in [0.4, 0.5) is 0 Å². The molecule has 0 radical (unpaired) electrons. The van der Waals surface area contributed by atoms with Gasteiger partial charge in [-0.2, -0.15) is 0 Å². The fraction of sp³-hybridized carbons (Fsp3) is 0.574. The number of carbonyl (C=O) groups excluding carboxylic acids is 2. The van der Waals surface area contributed by atoms with Crippen molar-refractivity contribution in [3.63, 3.8) is 0 Å². The summed E-state index contributed by atoms with van der Waals surface area (Å²) in [4.78, 5) is 38.5. The van der Waals surface area contributed by atoms with Gasteiger partial charge in [-0.05, 0) is 112 Å². The summed E-state index contributed by atoms with van der Waals surface area (Å²) in [5.41, 5.74) is 13.0. The second-order valence-electron chi connectivity index (χ2n) is 18.6. The lowest BCUT2D eigenvalue weighted by Crippen LogP contribution is -2.36. The van der Waals surface area contributed by atoms with Crippen molar-refractivity contribution in [2.24, 2.45) is 20.9 Å². The van der Waals surface area contributed by atoms with Crippen molar-refractivity contribution >= 4 is 52.5 Å². The summed E-state index contributed by atoms with van der Waals surface area (Å²) in [6, 6.07) is 0. The first-order chi connectivity index (χ1) is 34.6. The topological polar surface area (TPSA) is 236 Å². The number of thioether (sulfide) groups is 2. The van der Waals surface area contributed by atoms with Gasteiger partial charge in [-0.3, -0.25) is 9.59 Å². The van der Waals surface area contributed by atoms with Crippen molar-refractivity contribution < 1.29 is 49.3 Å². The van der Waals surface area contributed by atoms with Crippen molar-refractivity contribution in [1.29, 1.82) is 0 Å². The molecular weight excluding hydrogens is 957 g/mol. The van der Waals surface area contributed by atoms with Gasteiger partial charge >= 0.3 is 5.97 Å². The molecule has 7 aliphatic rings. The highest BCUT2D eigenvalue weighted by molar-refractivity contribution is 7.99. The first-order valence-corrected chi connectivity index (χ1v) is 27.3. The molecular formula is C54H78N6O10S2. The molecule has 8 bridgehead atoms. The molecule has 7 heterocycles. The molecule has 0 aromatic carbocycles. The second kappa shape index (κ2) is 28.9. The Morgan fingerprint density at radius 2 is 1.47 bits per heavy atom. The number of hydrogen-bond acceptors (Lipinski definition) is 17. The molecule has 0 aromatic heterocycles. The zero-order valence-electron chi connectivity index (χ0n) is 43.4. The summed E-state index contributed by atoms with van der Waals surface area (Å²) in [6.45, 7) is 17.9. The van der Waals surface area contributed by atoms with Crippen LogP contribution in [0.25, 0.3) is 0 Å². The fourth-order valence-electron chi connectivity index (χ4n) is 9.10. The van der Waals surface area contributed by atoms with Crippen LogP contribution in [0.3, 0.4) is 0 Å². The number of allylic oxidation sites excluding steroid dienone is 11. The molecule has 8 N–H and O–H groups in total. The standard InChI is InChI=1S/C32H34N4O3.C12H23NO4S.C10H21NO3S/c1-8-20-17(4)25-12-24-16(3)10-28(33-24)22(11-31(38)39-7)32-23(15-37)19(6)27(36-32)14-30-21(9-2)18(5)26(35-30)13-29(20)34-25;1-2-11(16)13-4-3-5-18-12-7-9(15)6-10(8-14)17-12;1-11-3-2-4-15-10-6-8(13)5-9(7-12)14-10/h8,12-16,33,37H,1,9-11H2,2-7H3;9-10,12,14-15H,2-8H2,1H3,(H,13,16);8-13H,2-7H2,1H3/b23-15+,24-12?,28-22?,29-13?,30-14?;;. The molecule has 0 spiro atoms. The maximum Gasteiger partial charge on any atom is 0.310 e. The third kappa shape index (κ3) is 15.8. The number of methoxy groups -OCH3 is 1. The van der Waals surface area contributed by atoms with Crippen molar-refractivity contribution in [3.8, 4) is 0 Å². The van der Waals surface area contributed by atoms with Crippen LogP contribution in [0.2, 0.25) is 0 Å². The van der Waals surface area contributed by atoms with E-state index in [2.05, 4.69) is 56.3 Å². The van der Waals surface area contributed by atoms with Crippen LogP contribution in [0.5, 0.6) is 0 Å². The number of amides is 1. The normalized spacial score (nSPS) is 26.4. The Morgan fingerprint density at radius 3 is 2.03 bits per heavy atom. The number of carbonyl (C=O) groups is 2. The van der Waals surface area contributed by atoms with Gasteiger partial charge in [0.05, 0.1) is 91.6 Å². The minimum atomic E-state index is -0.381. The largest absolute Gasteiger partial charge is 0.515 e. The lowest BCUT2D eigenvalue weighted by atomic mass is 9.94. The van der Waals surface area contributed by atoms with Crippen molar-refractivity contribution in [3.05, 3.63) is 105 Å². The Kier molecular flexibility index (Phi) is 23.5. The first kappa shape index (κ1) is 58.5. The van der Waals surface area contributed by atoms with Crippen LogP contribution in [0.1, 0.15) is 106 Å². The van der Waals surface area contributed by atoms with Gasteiger partial charge in [-0.15, -0.1) is 23.5 Å². The lowest BCUT2D eigenvalue weighted by molar-refractivity contribution is -0.139. The van der Waals surface area contributed by atoms with E-state index in [0.717, 1.165) is 106 Å². The molecule has 1 amide bonds. The maximum atomic E-state index is 12.6. The van der Waals surface area contributed by atoms with E-state index in [0.29, 0.717) is 67.6 Å². The number of aliphatic hydroxyl groups excluding tert-OH is 5. The highest BCUT2D eigenvalue weighted by atomic mass is 32.2. The Hall–Kier alpha value is -4.37. The number of ether oxygens (including phenoxy) is 3. The molecule has 16 nitrogen and oxygen atoms in total. The SMILES string of the molecule is C=CC1=C(C)C2=NC1=CC1=NC(=CC3=C(C)/C(=C\O)C(=N3)C(CC(=O)OC)=C3CC(C)C(=C2)N3)C(CC)=C1C.CCC(=O)NCCCSC1CC(O)CC(CO)O1.CNCCCSC1CC(O)CC(CO)O1. The minimum Gasteiger partial charge on any atom is -0.515 e. The van der Waals surface area contributed by atoms with Crippen LogP contribution < -0.4 is 16.0 Å². The summed E-state index contributed by atoms with van der Waals surface area (Å²) < 4.78 is 16.3. The third-order valence-corrected chi connectivity index (χ3v) is 15.7. The Morgan fingerprint density at radius 1 is 0.861 bits per heavy atom. The number of nitrogens with one attached hydrogen (secondary N) is 3. The molecule has 0 saturated carbocycles. The average Bonchev–Trinajstić information content (AvgIpc) is 4.08. The predicted octanol–water partition coefficient (Wildman–Crippen LogP) is 7.09. The molecule has 396 valence electrons. The number of aliphatic imine (C=N–C) groups is 3. The van der Waals surface area contributed by atoms with Crippen LogP contribution in [0, 0.1) is 5.92 Å². The smallest absolute Gasteiger partial charge is 0.310 e. The van der Waals surface area contributed by atoms with E-state index in [4.69, 9.17) is 39.4 Å². The number of hydrogen-bond donors (Lipinski definition) is 8. The van der Waals surface area contributed by atoms with Crippen LogP contribution in [-0.2, 0) is 23.8 Å². The molecule has 3 saturated heterocycles. The average molecular weight is 1040 g/mol. The van der Waals surface area contributed by atoms with Gasteiger partial charge in [0.15, 0.2) is 0 Å². The van der Waals surface area contributed by atoms with E-state index in [9.17, 15) is 24.9 Å². The highest BCUT2D eigenvalue weighted by Gasteiger charge is 2.34. The molecule has 7 aliphatic heterocycles. The van der Waals surface area contributed by atoms with Crippen molar-refractivity contribution in [2.75, 3.05) is 52.0 Å². The first-order valence-electron chi connectivity index (χ1n) is 25.2. The van der Waals surface area contributed by atoms with Gasteiger partial charge in [-0.1, -0.05) is 33.4 Å². The summed E-state index contributed by atoms with van der Waals surface area (Å²) in [5, 5.41) is 57.0. The summed E-state index contributed by atoms with van der Waals surface area (Å²) in [7, 11) is 3.32. The van der Waals surface area contributed by atoms with Gasteiger partial charge in [0.1, 0.15) is 10.9 Å². The molecule has 7 rings (SSSR count). The number of rotatable bonds is 17. The fourth-order valence-corrected chi connectivity index (χ4v) is 11.4. The molecule has 0 aromatic rings. The molecule has 7 unspecified atom stereocenters. The molecule has 18 heteroatoms. The minimum absolute atomic E-state index is 0.00460. The van der Waals surface area contributed by atoms with Gasteiger partial charge < -0.3 is 55.7 Å². The number of nitrogens with zero attached hydrogens (tertiary/aromatic N) is 3. The number of aliphatic hydroxyl groups is 5. The van der Waals surface area contributed by atoms with Gasteiger partial charge in [-0.25, -0.2) is 15.0 Å². The van der Waals surface area contributed by atoms with Gasteiger partial charge in [0, 0.05) is 72.7 Å². The zero-order chi connectivity index (χ0) is 52.5. The molecule has 7 atom stereocenters. The van der Waals surface area contributed by atoms with Crippen LogP contribution in [-0.4, -0.2) is 142 Å². The number of fused-ring (bicyclic) bond motifs is 5. The lowest BCUT2D eigenvalue weighted by Gasteiger charge is -2.31. The van der Waals surface area contributed by atoms with E-state index >= 15 is 0 Å². The van der Waals surface area contributed by atoms with Gasteiger partial charge in [0.2, 0.25) is 5.91 Å². The van der Waals surface area contributed by atoms with E-state index in [1.807, 2.05) is 39.1 Å². The number of esters is 1. The maximum absolute atomic E-state index is 12.6. The summed E-state index contributed by atoms with van der Waals surface area (Å²) in [5.74, 6) is 1.76. The Balaban J connectivity index is 0.000000241. The monoisotopic (exact) mass is 1030 g/mol. The van der Waals surface area contributed by atoms with E-state index in [1.54, 1.807) is 23.5 Å².